The molecule has 1 aliphatic rings. The molecule has 126 valence electrons. The normalized spacial score (nSPS) is 18.2. The topological polar surface area (TPSA) is 75.0 Å². The molecule has 1 aromatic heterocycles. The van der Waals surface area contributed by atoms with Gasteiger partial charge in [0.05, 0.1) is 5.69 Å². The molecular formula is C18H28N4O. The lowest BCUT2D eigenvalue weighted by Crippen LogP contribution is -2.41. The molecule has 0 aliphatic carbocycles. The fourth-order valence-electron chi connectivity index (χ4n) is 3.24. The van der Waals surface area contributed by atoms with Crippen LogP contribution < -0.4 is 5.73 Å². The Balaban J connectivity index is 2.17. The molecule has 1 atom stereocenters. The Morgan fingerprint density at radius 3 is 2.87 bits per heavy atom. The molecule has 1 saturated heterocycles. The van der Waals surface area contributed by atoms with Crippen molar-refractivity contribution in [3.8, 4) is 6.07 Å². The summed E-state index contributed by atoms with van der Waals surface area (Å²) in [5.41, 5.74) is 8.12. The van der Waals surface area contributed by atoms with E-state index in [1.54, 1.807) is 6.07 Å². The third kappa shape index (κ3) is 4.28. The molecule has 2 heterocycles. The second kappa shape index (κ2) is 7.54. The number of amides is 1. The average molecular weight is 316 g/mol. The molecule has 2 N–H and O–H groups in total. The van der Waals surface area contributed by atoms with Crippen LogP contribution in [0.25, 0.3) is 0 Å². The fourth-order valence-corrected chi connectivity index (χ4v) is 3.24. The molecule has 5 heteroatoms. The molecule has 2 rings (SSSR count). The SMILES string of the molecule is CC(C)CCc1c(N)cc(C#N)n1CC(=O)N1CCCC(C)C1. The van der Waals surface area contributed by atoms with E-state index >= 15 is 0 Å². The summed E-state index contributed by atoms with van der Waals surface area (Å²) in [7, 11) is 0. The maximum atomic E-state index is 12.6. The second-order valence-electron chi connectivity index (χ2n) is 7.15. The van der Waals surface area contributed by atoms with Crippen molar-refractivity contribution in [2.45, 2.75) is 53.0 Å². The van der Waals surface area contributed by atoms with Crippen LogP contribution in [0.3, 0.4) is 0 Å². The molecule has 0 radical (unpaired) electrons. The zero-order chi connectivity index (χ0) is 17.0. The largest absolute Gasteiger partial charge is 0.397 e. The van der Waals surface area contributed by atoms with Crippen LogP contribution >= 0.6 is 0 Å². The van der Waals surface area contributed by atoms with E-state index in [0.717, 1.165) is 38.0 Å². The van der Waals surface area contributed by atoms with Gasteiger partial charge in [0, 0.05) is 18.8 Å². The molecule has 0 spiro atoms. The van der Waals surface area contributed by atoms with E-state index < -0.39 is 0 Å². The highest BCUT2D eigenvalue weighted by atomic mass is 16.2. The molecule has 1 fully saturated rings. The summed E-state index contributed by atoms with van der Waals surface area (Å²) in [4.78, 5) is 14.6. The Morgan fingerprint density at radius 2 is 2.26 bits per heavy atom. The number of carbonyl (C=O) groups excluding carboxylic acids is 1. The maximum Gasteiger partial charge on any atom is 0.242 e. The zero-order valence-electron chi connectivity index (χ0n) is 14.5. The number of likely N-dealkylation sites (tertiary alicyclic amines) is 1. The maximum absolute atomic E-state index is 12.6. The van der Waals surface area contributed by atoms with Crippen molar-refractivity contribution in [2.24, 2.45) is 11.8 Å². The predicted octanol–water partition coefficient (Wildman–Crippen LogP) is 2.79. The summed E-state index contributed by atoms with van der Waals surface area (Å²) in [6.07, 6.45) is 4.04. The number of nitrogen functional groups attached to an aromatic ring is 1. The molecule has 1 unspecified atom stereocenters. The highest BCUT2D eigenvalue weighted by Crippen LogP contribution is 2.23. The van der Waals surface area contributed by atoms with Crippen molar-refractivity contribution < 1.29 is 4.79 Å². The number of nitrogens with two attached hydrogens (primary N) is 1. The Labute approximate surface area is 139 Å². The first-order valence-corrected chi connectivity index (χ1v) is 8.58. The van der Waals surface area contributed by atoms with E-state index in [4.69, 9.17) is 5.73 Å². The molecule has 23 heavy (non-hydrogen) atoms. The van der Waals surface area contributed by atoms with Crippen molar-refractivity contribution in [3.63, 3.8) is 0 Å². The van der Waals surface area contributed by atoms with Gasteiger partial charge in [-0.3, -0.25) is 4.79 Å². The van der Waals surface area contributed by atoms with Gasteiger partial charge in [-0.1, -0.05) is 20.8 Å². The summed E-state index contributed by atoms with van der Waals surface area (Å²) >= 11 is 0. The minimum absolute atomic E-state index is 0.0921. The summed E-state index contributed by atoms with van der Waals surface area (Å²) < 4.78 is 1.82. The van der Waals surface area contributed by atoms with E-state index in [9.17, 15) is 10.1 Å². The lowest BCUT2D eigenvalue weighted by atomic mass is 10.0. The minimum Gasteiger partial charge on any atom is -0.397 e. The van der Waals surface area contributed by atoms with Gasteiger partial charge in [0.25, 0.3) is 0 Å². The lowest BCUT2D eigenvalue weighted by molar-refractivity contribution is -0.133. The van der Waals surface area contributed by atoms with Crippen molar-refractivity contribution in [3.05, 3.63) is 17.5 Å². The molecule has 0 bridgehead atoms. The first-order valence-electron chi connectivity index (χ1n) is 8.58. The summed E-state index contributed by atoms with van der Waals surface area (Å²) in [6, 6.07) is 3.87. The summed E-state index contributed by atoms with van der Waals surface area (Å²) in [5.74, 6) is 1.20. The van der Waals surface area contributed by atoms with Gasteiger partial charge in [-0.15, -0.1) is 0 Å². The van der Waals surface area contributed by atoms with Gasteiger partial charge in [-0.05, 0) is 43.6 Å². The Hall–Kier alpha value is -1.96. The van der Waals surface area contributed by atoms with Crippen LogP contribution in [-0.4, -0.2) is 28.5 Å². The van der Waals surface area contributed by atoms with Gasteiger partial charge >= 0.3 is 0 Å². The summed E-state index contributed by atoms with van der Waals surface area (Å²) in [5, 5.41) is 9.35. The highest BCUT2D eigenvalue weighted by Gasteiger charge is 2.23. The number of rotatable bonds is 5. The molecule has 1 aliphatic heterocycles. The third-order valence-corrected chi connectivity index (χ3v) is 4.62. The highest BCUT2D eigenvalue weighted by molar-refractivity contribution is 5.77. The number of hydrogen-bond acceptors (Lipinski definition) is 3. The zero-order valence-corrected chi connectivity index (χ0v) is 14.5. The van der Waals surface area contributed by atoms with Gasteiger partial charge in [-0.25, -0.2) is 0 Å². The first-order chi connectivity index (χ1) is 10.9. The minimum atomic E-state index is 0.0921. The van der Waals surface area contributed by atoms with Gasteiger partial charge in [0.1, 0.15) is 18.3 Å². The van der Waals surface area contributed by atoms with Crippen LogP contribution in [0, 0.1) is 23.2 Å². The van der Waals surface area contributed by atoms with Gasteiger partial charge in [0.2, 0.25) is 5.91 Å². The Morgan fingerprint density at radius 1 is 1.52 bits per heavy atom. The van der Waals surface area contributed by atoms with E-state index in [-0.39, 0.29) is 12.5 Å². The first kappa shape index (κ1) is 17.4. The second-order valence-corrected chi connectivity index (χ2v) is 7.15. The number of nitriles is 1. The van der Waals surface area contributed by atoms with Crippen LogP contribution in [0.15, 0.2) is 6.07 Å². The molecule has 5 nitrogen and oxygen atoms in total. The third-order valence-electron chi connectivity index (χ3n) is 4.62. The number of nitrogens with zero attached hydrogens (tertiary/aromatic N) is 3. The molecule has 1 amide bonds. The lowest BCUT2D eigenvalue weighted by Gasteiger charge is -2.31. The quantitative estimate of drug-likeness (QED) is 0.907. The number of carbonyl (C=O) groups is 1. The fraction of sp³-hybridized carbons (Fsp3) is 0.667. The van der Waals surface area contributed by atoms with Crippen molar-refractivity contribution in [1.29, 1.82) is 5.26 Å². The van der Waals surface area contributed by atoms with Crippen LogP contribution in [0.2, 0.25) is 0 Å². The Bertz CT molecular complexity index is 597. The molecule has 0 saturated carbocycles. The Kier molecular flexibility index (Phi) is 5.70. The predicted molar refractivity (Wildman–Crippen MR) is 91.7 cm³/mol. The number of piperidine rings is 1. The van der Waals surface area contributed by atoms with Crippen molar-refractivity contribution in [1.82, 2.24) is 9.47 Å². The van der Waals surface area contributed by atoms with Crippen LogP contribution in [0.4, 0.5) is 5.69 Å². The van der Waals surface area contributed by atoms with E-state index in [1.807, 2.05) is 9.47 Å². The molecule has 0 aromatic carbocycles. The van der Waals surface area contributed by atoms with Crippen LogP contribution in [0.5, 0.6) is 0 Å². The van der Waals surface area contributed by atoms with Crippen LogP contribution in [-0.2, 0) is 17.8 Å². The van der Waals surface area contributed by atoms with E-state index in [0.29, 0.717) is 23.2 Å². The number of anilines is 1. The monoisotopic (exact) mass is 316 g/mol. The van der Waals surface area contributed by atoms with Gasteiger partial charge < -0.3 is 15.2 Å². The number of hydrogen-bond donors (Lipinski definition) is 1. The van der Waals surface area contributed by atoms with E-state index in [1.165, 1.54) is 6.42 Å². The van der Waals surface area contributed by atoms with Gasteiger partial charge in [-0.2, -0.15) is 5.26 Å². The summed E-state index contributed by atoms with van der Waals surface area (Å²) in [6.45, 7) is 8.37. The smallest absolute Gasteiger partial charge is 0.242 e. The van der Waals surface area contributed by atoms with Gasteiger partial charge in [0.15, 0.2) is 0 Å². The average Bonchev–Trinajstić information content (AvgIpc) is 2.80. The molecule has 1 aromatic rings. The standard InChI is InChI=1S/C18H28N4O/c1-13(2)6-7-17-16(20)9-15(10-19)22(17)12-18(23)21-8-4-5-14(3)11-21/h9,13-14H,4-8,11-12,20H2,1-3H3. The van der Waals surface area contributed by atoms with Crippen molar-refractivity contribution in [2.75, 3.05) is 18.8 Å². The molecular weight excluding hydrogens is 288 g/mol. The van der Waals surface area contributed by atoms with Crippen molar-refractivity contribution >= 4 is 11.6 Å². The number of aromatic nitrogens is 1. The van der Waals surface area contributed by atoms with Crippen LogP contribution in [0.1, 0.15) is 51.4 Å². The van der Waals surface area contributed by atoms with E-state index in [2.05, 4.69) is 26.8 Å².